The summed E-state index contributed by atoms with van der Waals surface area (Å²) in [4.78, 5) is 0. The van der Waals surface area contributed by atoms with Crippen molar-refractivity contribution in [1.82, 2.24) is 9.13 Å². The van der Waals surface area contributed by atoms with E-state index in [0.29, 0.717) is 16.7 Å². The van der Waals surface area contributed by atoms with Crippen molar-refractivity contribution in [2.75, 3.05) is 0 Å². The molecule has 0 saturated carbocycles. The van der Waals surface area contributed by atoms with Gasteiger partial charge in [0.2, 0.25) is 0 Å². The zero-order chi connectivity index (χ0) is 31.9. The van der Waals surface area contributed by atoms with E-state index in [4.69, 9.17) is 0 Å². The van der Waals surface area contributed by atoms with Crippen LogP contribution in [-0.2, 0) is 0 Å². The number of hydrogen-bond donors (Lipinski definition) is 0. The minimum absolute atomic E-state index is 0.504. The van der Waals surface area contributed by atoms with Crippen molar-refractivity contribution in [3.05, 3.63) is 157 Å². The first-order chi connectivity index (χ1) is 23.7. The molecule has 0 radical (unpaired) electrons. The van der Waals surface area contributed by atoms with Crippen LogP contribution in [0.1, 0.15) is 11.1 Å². The van der Waals surface area contributed by atoms with Gasteiger partial charge in [0.1, 0.15) is 5.65 Å². The van der Waals surface area contributed by atoms with Gasteiger partial charge in [-0.05, 0) is 98.5 Å². The average molecular weight is 609 g/mol. The normalized spacial score (nSPS) is 11.7. The average Bonchev–Trinajstić information content (AvgIpc) is 3.66. The van der Waals surface area contributed by atoms with Crippen LogP contribution in [0.2, 0.25) is 0 Å². The molecule has 10 aromatic rings. The van der Waals surface area contributed by atoms with Crippen LogP contribution in [0.15, 0.2) is 146 Å². The summed E-state index contributed by atoms with van der Waals surface area (Å²) in [6.07, 6.45) is 0. The Morgan fingerprint density at radius 3 is 1.44 bits per heavy atom. The van der Waals surface area contributed by atoms with Gasteiger partial charge >= 0.3 is 0 Å². The summed E-state index contributed by atoms with van der Waals surface area (Å²) in [6, 6.07) is 55.5. The third-order valence-corrected chi connectivity index (χ3v) is 9.86. The minimum atomic E-state index is 0.504. The van der Waals surface area contributed by atoms with Crippen molar-refractivity contribution in [3.8, 4) is 34.6 Å². The number of nitrogens with zero attached hydrogens (tertiary/aromatic N) is 4. The van der Waals surface area contributed by atoms with Crippen LogP contribution in [0.25, 0.3) is 87.7 Å². The topological polar surface area (TPSA) is 57.4 Å². The number of para-hydroxylation sites is 3. The van der Waals surface area contributed by atoms with Gasteiger partial charge in [-0.25, -0.2) is 0 Å². The lowest BCUT2D eigenvalue weighted by Crippen LogP contribution is -2.02. The van der Waals surface area contributed by atoms with Gasteiger partial charge in [0, 0.05) is 33.1 Å². The Morgan fingerprint density at radius 1 is 0.417 bits per heavy atom. The second-order valence-electron chi connectivity index (χ2n) is 12.4. The Bertz CT molecular complexity index is 2920. The Morgan fingerprint density at radius 2 is 0.896 bits per heavy atom. The first-order valence-electron chi connectivity index (χ1n) is 16.0. The molecule has 0 unspecified atom stereocenters. The highest BCUT2D eigenvalue weighted by Crippen LogP contribution is 2.43. The van der Waals surface area contributed by atoms with E-state index in [0.717, 1.165) is 44.1 Å². The molecule has 0 amide bonds. The lowest BCUT2D eigenvalue weighted by molar-refractivity contribution is 1.07. The first kappa shape index (κ1) is 26.3. The van der Waals surface area contributed by atoms with Crippen molar-refractivity contribution in [2.45, 2.75) is 0 Å². The zero-order valence-corrected chi connectivity index (χ0v) is 25.6. The van der Waals surface area contributed by atoms with Crippen molar-refractivity contribution in [3.63, 3.8) is 0 Å². The van der Waals surface area contributed by atoms with Gasteiger partial charge in [-0.15, -0.1) is 0 Å². The first-order valence-corrected chi connectivity index (χ1v) is 16.0. The predicted octanol–water partition coefficient (Wildman–Crippen LogP) is 11.0. The molecular formula is C44H24N4. The maximum atomic E-state index is 9.87. The minimum Gasteiger partial charge on any atom is -0.295 e. The Kier molecular flexibility index (Phi) is 5.38. The van der Waals surface area contributed by atoms with E-state index in [2.05, 4.69) is 149 Å². The molecule has 0 aliphatic heterocycles. The quantitative estimate of drug-likeness (QED) is 0.187. The molecule has 0 atom stereocenters. The van der Waals surface area contributed by atoms with Gasteiger partial charge in [-0.2, -0.15) is 10.5 Å². The fourth-order valence-electron chi connectivity index (χ4n) is 7.94. The number of fused-ring (bicyclic) bond motifs is 5. The largest absolute Gasteiger partial charge is 0.295 e. The lowest BCUT2D eigenvalue weighted by Gasteiger charge is -2.17. The molecule has 0 aliphatic rings. The van der Waals surface area contributed by atoms with Crippen LogP contribution >= 0.6 is 0 Å². The molecule has 220 valence electrons. The second-order valence-corrected chi connectivity index (χ2v) is 12.4. The number of hydrogen-bond acceptors (Lipinski definition) is 2. The van der Waals surface area contributed by atoms with Crippen LogP contribution < -0.4 is 0 Å². The van der Waals surface area contributed by atoms with Crippen LogP contribution in [0.3, 0.4) is 0 Å². The summed E-state index contributed by atoms with van der Waals surface area (Å²) in [7, 11) is 0. The highest BCUT2D eigenvalue weighted by atomic mass is 15.1. The standard InChI is InChI=1S/C44H24N4/c45-25-31-9-8-10-32(26-46)40(31)33-21-27-17-19-29-23-35(24-30-20-18-28(22-33)41(27)42(29)30)48-39-16-7-5-14-37(39)43-36-13-4-6-15-38(36)47(44(43)48)34-11-2-1-3-12-34/h1-24H. The van der Waals surface area contributed by atoms with Crippen molar-refractivity contribution in [1.29, 1.82) is 10.5 Å². The second kappa shape index (κ2) is 9.81. The summed E-state index contributed by atoms with van der Waals surface area (Å²) < 4.78 is 4.82. The summed E-state index contributed by atoms with van der Waals surface area (Å²) in [5.41, 5.74) is 8.30. The van der Waals surface area contributed by atoms with Crippen molar-refractivity contribution < 1.29 is 0 Å². The Balaban J connectivity index is 1.28. The van der Waals surface area contributed by atoms with E-state index in [-0.39, 0.29) is 0 Å². The van der Waals surface area contributed by atoms with Gasteiger partial charge in [0.05, 0.1) is 34.3 Å². The molecule has 8 aromatic carbocycles. The molecule has 2 aromatic heterocycles. The highest BCUT2D eigenvalue weighted by Gasteiger charge is 2.23. The SMILES string of the molecule is N#Cc1cccc(C#N)c1-c1cc2ccc3cc(-n4c5ccccc5c5c6ccccc6n(-c6ccccc6)c54)cc4ccc(c1)c2c34. The van der Waals surface area contributed by atoms with E-state index < -0.39 is 0 Å². The van der Waals surface area contributed by atoms with E-state index in [1.165, 1.54) is 38.0 Å². The third-order valence-electron chi connectivity index (χ3n) is 9.86. The molecule has 0 bridgehead atoms. The molecule has 0 aliphatic carbocycles. The zero-order valence-electron chi connectivity index (χ0n) is 25.6. The van der Waals surface area contributed by atoms with Gasteiger partial charge in [-0.3, -0.25) is 9.13 Å². The van der Waals surface area contributed by atoms with Crippen LogP contribution in [-0.4, -0.2) is 9.13 Å². The fraction of sp³-hybridized carbons (Fsp3) is 0. The van der Waals surface area contributed by atoms with Gasteiger partial charge in [-0.1, -0.05) is 84.9 Å². The lowest BCUT2D eigenvalue weighted by atomic mass is 9.89. The van der Waals surface area contributed by atoms with E-state index in [9.17, 15) is 10.5 Å². The van der Waals surface area contributed by atoms with Crippen LogP contribution in [0, 0.1) is 22.7 Å². The molecule has 0 fully saturated rings. The summed E-state index contributed by atoms with van der Waals surface area (Å²) in [6.45, 7) is 0. The number of nitriles is 2. The van der Waals surface area contributed by atoms with Gasteiger partial charge in [0.15, 0.2) is 0 Å². The number of rotatable bonds is 3. The van der Waals surface area contributed by atoms with Gasteiger partial charge < -0.3 is 0 Å². The van der Waals surface area contributed by atoms with Crippen molar-refractivity contribution >= 4 is 65.2 Å². The van der Waals surface area contributed by atoms with E-state index in [1.807, 2.05) is 0 Å². The van der Waals surface area contributed by atoms with Crippen LogP contribution in [0.5, 0.6) is 0 Å². The summed E-state index contributed by atoms with van der Waals surface area (Å²) in [5.74, 6) is 0. The smallest absolute Gasteiger partial charge is 0.131 e. The fourth-order valence-corrected chi connectivity index (χ4v) is 7.94. The molecule has 10 rings (SSSR count). The maximum absolute atomic E-state index is 9.87. The number of aromatic nitrogens is 2. The molecule has 0 saturated heterocycles. The molecule has 4 nitrogen and oxygen atoms in total. The predicted molar refractivity (Wildman–Crippen MR) is 196 cm³/mol. The molecular weight excluding hydrogens is 585 g/mol. The molecule has 4 heteroatoms. The maximum Gasteiger partial charge on any atom is 0.131 e. The van der Waals surface area contributed by atoms with Crippen molar-refractivity contribution in [2.24, 2.45) is 0 Å². The molecule has 0 spiro atoms. The summed E-state index contributed by atoms with van der Waals surface area (Å²) in [5, 5.41) is 30.4. The molecule has 48 heavy (non-hydrogen) atoms. The third kappa shape index (κ3) is 3.52. The molecule has 0 N–H and O–H groups in total. The Labute approximate surface area is 275 Å². The number of benzene rings is 8. The molecule has 2 heterocycles. The monoisotopic (exact) mass is 608 g/mol. The highest BCUT2D eigenvalue weighted by molar-refractivity contribution is 6.25. The van der Waals surface area contributed by atoms with Crippen LogP contribution in [0.4, 0.5) is 0 Å². The van der Waals surface area contributed by atoms with Gasteiger partial charge in [0.25, 0.3) is 0 Å². The van der Waals surface area contributed by atoms with E-state index in [1.54, 1.807) is 18.2 Å². The summed E-state index contributed by atoms with van der Waals surface area (Å²) >= 11 is 0. The van der Waals surface area contributed by atoms with E-state index >= 15 is 0 Å². The Hall–Kier alpha value is -6.88.